The monoisotopic (exact) mass is 385 g/mol. The van der Waals surface area contributed by atoms with Crippen molar-refractivity contribution in [2.24, 2.45) is 5.73 Å². The smallest absolute Gasteiger partial charge is 0.279 e. The van der Waals surface area contributed by atoms with E-state index < -0.39 is 6.04 Å². The zero-order valence-corrected chi connectivity index (χ0v) is 15.5. The van der Waals surface area contributed by atoms with Crippen molar-refractivity contribution in [3.63, 3.8) is 0 Å². The minimum Gasteiger partial charge on any atom is -0.318 e. The summed E-state index contributed by atoms with van der Waals surface area (Å²) in [7, 11) is 0. The highest BCUT2D eigenvalue weighted by atomic mass is 32.1. The average molecular weight is 385 g/mol. The number of nitrogens with zero attached hydrogens (tertiary/aromatic N) is 4. The number of nitriles is 1. The van der Waals surface area contributed by atoms with Crippen molar-refractivity contribution in [3.8, 4) is 16.8 Å². The summed E-state index contributed by atoms with van der Waals surface area (Å²) in [6.07, 6.45) is 0. The Morgan fingerprint density at radius 2 is 1.82 bits per heavy atom. The molecule has 0 spiro atoms. The Morgan fingerprint density at radius 1 is 1.07 bits per heavy atom. The SMILES string of the molecule is N#Cc1ccccc1C(N)c1nc(-c2cccs2)nn1C(=O)c1ccccc1. The van der Waals surface area contributed by atoms with Crippen LogP contribution >= 0.6 is 11.3 Å². The van der Waals surface area contributed by atoms with Crippen LogP contribution in [0.1, 0.15) is 33.4 Å². The van der Waals surface area contributed by atoms with Gasteiger partial charge in [0, 0.05) is 5.56 Å². The number of thiophene rings is 1. The van der Waals surface area contributed by atoms with Gasteiger partial charge in [0.1, 0.15) is 0 Å². The molecule has 7 heteroatoms. The molecule has 0 aliphatic rings. The minimum absolute atomic E-state index is 0.292. The number of aromatic nitrogens is 3. The van der Waals surface area contributed by atoms with Crippen LogP contribution in [0.5, 0.6) is 0 Å². The molecule has 0 fully saturated rings. The molecule has 28 heavy (non-hydrogen) atoms. The molecule has 1 atom stereocenters. The third kappa shape index (κ3) is 3.22. The Hall–Kier alpha value is -3.60. The molecule has 4 aromatic rings. The standard InChI is InChI=1S/C21H15N5OS/c22-13-15-9-4-5-10-16(15)18(23)20-24-19(17-11-6-12-28-17)25-26(20)21(27)14-7-2-1-3-8-14/h1-12,18H,23H2. The lowest BCUT2D eigenvalue weighted by Crippen LogP contribution is -2.24. The van der Waals surface area contributed by atoms with Crippen molar-refractivity contribution in [1.82, 2.24) is 14.8 Å². The Morgan fingerprint density at radius 3 is 2.54 bits per heavy atom. The van der Waals surface area contributed by atoms with Gasteiger partial charge in [-0.25, -0.2) is 4.98 Å². The molecular formula is C21H15N5OS. The zero-order valence-electron chi connectivity index (χ0n) is 14.7. The maximum absolute atomic E-state index is 13.1. The Bertz CT molecular complexity index is 1160. The number of nitrogens with two attached hydrogens (primary N) is 1. The summed E-state index contributed by atoms with van der Waals surface area (Å²) in [6.45, 7) is 0. The fraction of sp³-hybridized carbons (Fsp3) is 0.0476. The summed E-state index contributed by atoms with van der Waals surface area (Å²) in [5.41, 5.74) is 7.97. The first kappa shape index (κ1) is 17.8. The summed E-state index contributed by atoms with van der Waals surface area (Å²) in [5, 5.41) is 15.8. The Kier molecular flexibility index (Phi) is 4.81. The molecule has 2 aromatic carbocycles. The van der Waals surface area contributed by atoms with Crippen LogP contribution in [0.2, 0.25) is 0 Å². The van der Waals surface area contributed by atoms with Crippen molar-refractivity contribution in [1.29, 1.82) is 5.26 Å². The summed E-state index contributed by atoms with van der Waals surface area (Å²) in [6, 6.07) is 21.0. The number of hydrogen-bond acceptors (Lipinski definition) is 6. The number of benzene rings is 2. The van der Waals surface area contributed by atoms with Crippen molar-refractivity contribution in [2.75, 3.05) is 0 Å². The van der Waals surface area contributed by atoms with Gasteiger partial charge in [0.25, 0.3) is 5.91 Å². The van der Waals surface area contributed by atoms with E-state index in [2.05, 4.69) is 16.2 Å². The van der Waals surface area contributed by atoms with Gasteiger partial charge in [0.05, 0.1) is 22.6 Å². The predicted molar refractivity (Wildman–Crippen MR) is 107 cm³/mol. The van der Waals surface area contributed by atoms with E-state index in [1.807, 2.05) is 23.6 Å². The quantitative estimate of drug-likeness (QED) is 0.579. The van der Waals surface area contributed by atoms with Gasteiger partial charge >= 0.3 is 0 Å². The van der Waals surface area contributed by atoms with Crippen LogP contribution in [-0.4, -0.2) is 20.7 Å². The summed E-state index contributed by atoms with van der Waals surface area (Å²) >= 11 is 1.48. The first-order valence-electron chi connectivity index (χ1n) is 8.54. The molecule has 2 heterocycles. The van der Waals surface area contributed by atoms with Gasteiger partial charge in [0.15, 0.2) is 11.6 Å². The first-order chi connectivity index (χ1) is 13.7. The molecule has 0 aliphatic carbocycles. The van der Waals surface area contributed by atoms with Gasteiger partial charge in [-0.1, -0.05) is 42.5 Å². The molecular weight excluding hydrogens is 370 g/mol. The van der Waals surface area contributed by atoms with E-state index in [1.54, 1.807) is 48.5 Å². The van der Waals surface area contributed by atoms with Crippen LogP contribution in [0.4, 0.5) is 0 Å². The van der Waals surface area contributed by atoms with Crippen molar-refractivity contribution >= 4 is 17.2 Å². The van der Waals surface area contributed by atoms with E-state index in [0.29, 0.717) is 28.3 Å². The van der Waals surface area contributed by atoms with Gasteiger partial charge in [-0.15, -0.1) is 16.4 Å². The first-order valence-corrected chi connectivity index (χ1v) is 9.42. The molecule has 2 N–H and O–H groups in total. The highest BCUT2D eigenvalue weighted by Crippen LogP contribution is 2.27. The fourth-order valence-corrected chi connectivity index (χ4v) is 3.55. The maximum atomic E-state index is 13.1. The van der Waals surface area contributed by atoms with Crippen LogP contribution in [0.25, 0.3) is 10.7 Å². The van der Waals surface area contributed by atoms with Crippen molar-refractivity contribution in [3.05, 3.63) is 94.6 Å². The van der Waals surface area contributed by atoms with Gasteiger partial charge < -0.3 is 5.73 Å². The van der Waals surface area contributed by atoms with E-state index in [1.165, 1.54) is 16.0 Å². The van der Waals surface area contributed by atoms with E-state index in [4.69, 9.17) is 5.73 Å². The lowest BCUT2D eigenvalue weighted by molar-refractivity contribution is 0.0940. The number of carbonyl (C=O) groups is 1. The second kappa shape index (κ2) is 7.56. The molecule has 0 bridgehead atoms. The van der Waals surface area contributed by atoms with E-state index in [9.17, 15) is 10.1 Å². The lowest BCUT2D eigenvalue weighted by atomic mass is 10.0. The normalized spacial score (nSPS) is 11.7. The van der Waals surface area contributed by atoms with Crippen molar-refractivity contribution < 1.29 is 4.79 Å². The summed E-state index contributed by atoms with van der Waals surface area (Å²) in [4.78, 5) is 18.5. The van der Waals surface area contributed by atoms with E-state index in [-0.39, 0.29) is 5.91 Å². The summed E-state index contributed by atoms with van der Waals surface area (Å²) in [5.74, 6) is 0.398. The maximum Gasteiger partial charge on any atom is 0.279 e. The number of hydrogen-bond donors (Lipinski definition) is 1. The molecule has 0 amide bonds. The number of rotatable bonds is 4. The van der Waals surface area contributed by atoms with Crippen molar-refractivity contribution in [2.45, 2.75) is 6.04 Å². The Labute approximate surface area is 165 Å². The molecule has 4 rings (SSSR count). The minimum atomic E-state index is -0.773. The highest BCUT2D eigenvalue weighted by Gasteiger charge is 2.25. The molecule has 0 saturated carbocycles. The average Bonchev–Trinajstić information content (AvgIpc) is 3.43. The Balaban J connectivity index is 1.86. The van der Waals surface area contributed by atoms with E-state index in [0.717, 1.165) is 4.88 Å². The molecule has 2 aromatic heterocycles. The van der Waals surface area contributed by atoms with Crippen LogP contribution in [0.15, 0.2) is 72.1 Å². The molecule has 1 unspecified atom stereocenters. The molecule has 0 radical (unpaired) electrons. The van der Waals surface area contributed by atoms with Gasteiger partial charge in [-0.3, -0.25) is 4.79 Å². The fourth-order valence-electron chi connectivity index (χ4n) is 2.90. The van der Waals surface area contributed by atoms with Crippen LogP contribution in [-0.2, 0) is 0 Å². The topological polar surface area (TPSA) is 97.6 Å². The highest BCUT2D eigenvalue weighted by molar-refractivity contribution is 7.13. The summed E-state index contributed by atoms with van der Waals surface area (Å²) < 4.78 is 1.24. The lowest BCUT2D eigenvalue weighted by Gasteiger charge is -2.13. The molecule has 0 aliphatic heterocycles. The van der Waals surface area contributed by atoms with Crippen LogP contribution in [0, 0.1) is 11.3 Å². The second-order valence-corrected chi connectivity index (χ2v) is 6.98. The zero-order chi connectivity index (χ0) is 19.5. The third-order valence-electron chi connectivity index (χ3n) is 4.28. The van der Waals surface area contributed by atoms with Gasteiger partial charge in [-0.2, -0.15) is 9.94 Å². The third-order valence-corrected chi connectivity index (χ3v) is 5.15. The number of carbonyl (C=O) groups excluding carboxylic acids is 1. The van der Waals surface area contributed by atoms with Crippen LogP contribution in [0.3, 0.4) is 0 Å². The predicted octanol–water partition coefficient (Wildman–Crippen LogP) is 3.61. The molecule has 0 saturated heterocycles. The van der Waals surface area contributed by atoms with E-state index >= 15 is 0 Å². The molecule has 136 valence electrons. The van der Waals surface area contributed by atoms with Crippen LogP contribution < -0.4 is 5.73 Å². The largest absolute Gasteiger partial charge is 0.318 e. The van der Waals surface area contributed by atoms with Gasteiger partial charge in [0.2, 0.25) is 0 Å². The molecule has 6 nitrogen and oxygen atoms in total. The van der Waals surface area contributed by atoms with Gasteiger partial charge in [-0.05, 0) is 35.2 Å². The second-order valence-electron chi connectivity index (χ2n) is 6.03.